The van der Waals surface area contributed by atoms with E-state index in [2.05, 4.69) is 10.4 Å². The Kier molecular flexibility index (Phi) is 4.73. The second kappa shape index (κ2) is 6.64. The van der Waals surface area contributed by atoms with Crippen LogP contribution in [0.2, 0.25) is 0 Å². The van der Waals surface area contributed by atoms with Crippen LogP contribution in [-0.2, 0) is 19.4 Å². The van der Waals surface area contributed by atoms with E-state index < -0.39 is 15.9 Å². The van der Waals surface area contributed by atoms with Crippen molar-refractivity contribution in [1.82, 2.24) is 10.3 Å². The van der Waals surface area contributed by atoms with Crippen molar-refractivity contribution in [2.24, 2.45) is 5.10 Å². The first-order chi connectivity index (χ1) is 11.4. The van der Waals surface area contributed by atoms with Crippen LogP contribution in [0.5, 0.6) is 0 Å². The molecule has 3 rings (SSSR count). The van der Waals surface area contributed by atoms with Crippen LogP contribution in [0.15, 0.2) is 22.6 Å². The van der Waals surface area contributed by atoms with Crippen molar-refractivity contribution < 1.29 is 18.0 Å². The van der Waals surface area contributed by atoms with E-state index in [9.17, 15) is 18.0 Å². The number of hydrogen-bond acceptors (Lipinski definition) is 6. The number of carbonyl (C=O) groups is 2. The highest BCUT2D eigenvalue weighted by atomic mass is 32.2. The molecule has 2 amide bonds. The molecule has 3 heterocycles. The van der Waals surface area contributed by atoms with E-state index in [-0.39, 0.29) is 47.9 Å². The van der Waals surface area contributed by atoms with Gasteiger partial charge in [0.25, 0.3) is 5.91 Å². The lowest BCUT2D eigenvalue weighted by molar-refractivity contribution is -0.133. The lowest BCUT2D eigenvalue weighted by Crippen LogP contribution is -2.44. The number of nitrogens with zero attached hydrogens (tertiary/aromatic N) is 2. The Hall–Kier alpha value is -1.74. The highest BCUT2D eigenvalue weighted by molar-refractivity contribution is 7.91. The van der Waals surface area contributed by atoms with E-state index in [1.54, 1.807) is 11.3 Å². The average Bonchev–Trinajstić information content (AvgIpc) is 3.17. The number of hydrazone groups is 1. The first-order valence-corrected chi connectivity index (χ1v) is 10.5. The molecule has 1 aromatic heterocycles. The van der Waals surface area contributed by atoms with Gasteiger partial charge in [0.05, 0.1) is 23.6 Å². The number of nitrogens with one attached hydrogen (secondary N) is 1. The molecule has 0 unspecified atom stereocenters. The van der Waals surface area contributed by atoms with Gasteiger partial charge in [0.1, 0.15) is 5.71 Å². The molecule has 130 valence electrons. The van der Waals surface area contributed by atoms with E-state index in [1.165, 1.54) is 5.01 Å². The summed E-state index contributed by atoms with van der Waals surface area (Å²) in [5.74, 6) is -0.550. The van der Waals surface area contributed by atoms with Crippen molar-refractivity contribution in [3.8, 4) is 0 Å². The Morgan fingerprint density at radius 1 is 1.46 bits per heavy atom. The summed E-state index contributed by atoms with van der Waals surface area (Å²) in [6.45, 7) is 1.89. The molecule has 0 spiro atoms. The average molecular weight is 369 g/mol. The largest absolute Gasteiger partial charge is 0.344 e. The Morgan fingerprint density at radius 3 is 2.88 bits per heavy atom. The zero-order chi connectivity index (χ0) is 17.3. The van der Waals surface area contributed by atoms with Crippen molar-refractivity contribution in [3.05, 3.63) is 22.4 Å². The molecule has 2 aliphatic rings. The third-order valence-electron chi connectivity index (χ3n) is 4.19. The molecule has 1 N–H and O–H groups in total. The predicted octanol–water partition coefficient (Wildman–Crippen LogP) is 1.09. The predicted molar refractivity (Wildman–Crippen MR) is 91.5 cm³/mol. The zero-order valence-corrected chi connectivity index (χ0v) is 14.9. The smallest absolute Gasteiger partial charge is 0.268 e. The Morgan fingerprint density at radius 2 is 2.25 bits per heavy atom. The minimum atomic E-state index is -3.12. The maximum Gasteiger partial charge on any atom is 0.268 e. The number of amides is 2. The van der Waals surface area contributed by atoms with E-state index in [0.29, 0.717) is 6.42 Å². The molecule has 1 saturated heterocycles. The lowest BCUT2D eigenvalue weighted by Gasteiger charge is -2.27. The summed E-state index contributed by atoms with van der Waals surface area (Å²) in [6.07, 6.45) is 0.825. The molecule has 0 aliphatic carbocycles. The molecule has 0 bridgehead atoms. The third kappa shape index (κ3) is 3.67. The summed E-state index contributed by atoms with van der Waals surface area (Å²) in [6, 6.07) is 3.26. The SMILES string of the molecule is C[C@@H](NC(=O)C1=NN([C@H]2CCS(=O)(=O)C2)C(=O)CC1)c1cccs1. The summed E-state index contributed by atoms with van der Waals surface area (Å²) < 4.78 is 23.2. The molecule has 0 saturated carbocycles. The highest BCUT2D eigenvalue weighted by Gasteiger charge is 2.37. The fourth-order valence-corrected chi connectivity index (χ4v) is 5.30. The second-order valence-corrected chi connectivity index (χ2v) is 9.26. The van der Waals surface area contributed by atoms with Gasteiger partial charge in [-0.1, -0.05) is 6.07 Å². The standard InChI is InChI=1S/C15H19N3O4S2/c1-10(13-3-2-7-23-13)16-15(20)12-4-5-14(19)18(17-12)11-6-8-24(21,22)9-11/h2-3,7,10-11H,4-6,8-9H2,1H3,(H,16,20)/t10-,11+/m1/s1. The van der Waals surface area contributed by atoms with Crippen molar-refractivity contribution in [2.45, 2.75) is 38.3 Å². The minimum Gasteiger partial charge on any atom is -0.344 e. The Bertz CT molecular complexity index is 771. The molecule has 2 atom stereocenters. The summed E-state index contributed by atoms with van der Waals surface area (Å²) in [4.78, 5) is 25.5. The molecule has 9 heteroatoms. The normalized spacial score (nSPS) is 24.5. The van der Waals surface area contributed by atoms with Gasteiger partial charge in [-0.15, -0.1) is 11.3 Å². The van der Waals surface area contributed by atoms with Gasteiger partial charge in [0.2, 0.25) is 5.91 Å². The first-order valence-electron chi connectivity index (χ1n) is 7.80. The minimum absolute atomic E-state index is 0.0634. The fourth-order valence-electron chi connectivity index (χ4n) is 2.88. The summed E-state index contributed by atoms with van der Waals surface area (Å²) in [5.41, 5.74) is 0.280. The van der Waals surface area contributed by atoms with Gasteiger partial charge in [0, 0.05) is 17.7 Å². The molecular formula is C15H19N3O4S2. The van der Waals surface area contributed by atoms with Crippen LogP contribution in [0, 0.1) is 0 Å². The van der Waals surface area contributed by atoms with Crippen molar-refractivity contribution >= 4 is 38.7 Å². The van der Waals surface area contributed by atoms with Crippen molar-refractivity contribution in [3.63, 3.8) is 0 Å². The van der Waals surface area contributed by atoms with Gasteiger partial charge < -0.3 is 5.32 Å². The Balaban J connectivity index is 1.71. The number of carbonyl (C=O) groups excluding carboxylic acids is 2. The first kappa shape index (κ1) is 17.1. The molecule has 24 heavy (non-hydrogen) atoms. The summed E-state index contributed by atoms with van der Waals surface area (Å²) in [7, 11) is -3.12. The van der Waals surface area contributed by atoms with Gasteiger partial charge >= 0.3 is 0 Å². The van der Waals surface area contributed by atoms with Crippen LogP contribution in [0.3, 0.4) is 0 Å². The molecule has 1 aromatic rings. The van der Waals surface area contributed by atoms with Gasteiger partial charge in [-0.05, 0) is 24.8 Å². The number of hydrogen-bond donors (Lipinski definition) is 1. The highest BCUT2D eigenvalue weighted by Crippen LogP contribution is 2.23. The van der Waals surface area contributed by atoms with Gasteiger partial charge in [0.15, 0.2) is 9.84 Å². The monoisotopic (exact) mass is 369 g/mol. The van der Waals surface area contributed by atoms with Gasteiger partial charge in [-0.2, -0.15) is 5.10 Å². The third-order valence-corrected chi connectivity index (χ3v) is 7.00. The number of sulfone groups is 1. The van der Waals surface area contributed by atoms with E-state index >= 15 is 0 Å². The van der Waals surface area contributed by atoms with E-state index in [1.807, 2.05) is 24.4 Å². The summed E-state index contributed by atoms with van der Waals surface area (Å²) >= 11 is 1.55. The number of rotatable bonds is 4. The van der Waals surface area contributed by atoms with Crippen LogP contribution in [0.25, 0.3) is 0 Å². The van der Waals surface area contributed by atoms with Crippen molar-refractivity contribution in [2.75, 3.05) is 11.5 Å². The molecule has 1 fully saturated rings. The van der Waals surface area contributed by atoms with Crippen LogP contribution >= 0.6 is 11.3 Å². The quantitative estimate of drug-likeness (QED) is 0.859. The van der Waals surface area contributed by atoms with E-state index in [4.69, 9.17) is 0 Å². The fraction of sp³-hybridized carbons (Fsp3) is 0.533. The maximum atomic E-state index is 12.4. The molecular weight excluding hydrogens is 350 g/mol. The lowest BCUT2D eigenvalue weighted by atomic mass is 10.1. The van der Waals surface area contributed by atoms with Crippen LogP contribution in [0.1, 0.15) is 37.1 Å². The zero-order valence-electron chi connectivity index (χ0n) is 13.3. The van der Waals surface area contributed by atoms with Crippen LogP contribution < -0.4 is 5.32 Å². The van der Waals surface area contributed by atoms with Gasteiger partial charge in [-0.3, -0.25) is 9.59 Å². The van der Waals surface area contributed by atoms with Crippen molar-refractivity contribution in [1.29, 1.82) is 0 Å². The molecule has 2 aliphatic heterocycles. The topological polar surface area (TPSA) is 95.9 Å². The number of thiophene rings is 1. The summed E-state index contributed by atoms with van der Waals surface area (Å²) in [5, 5.41) is 10.2. The van der Waals surface area contributed by atoms with E-state index in [0.717, 1.165) is 4.88 Å². The Labute approximate surface area is 144 Å². The molecule has 7 nitrogen and oxygen atoms in total. The van der Waals surface area contributed by atoms with Crippen LogP contribution in [-0.4, -0.2) is 48.5 Å². The second-order valence-electron chi connectivity index (χ2n) is 6.05. The molecule has 0 aromatic carbocycles. The van der Waals surface area contributed by atoms with Crippen LogP contribution in [0.4, 0.5) is 0 Å². The van der Waals surface area contributed by atoms with Gasteiger partial charge in [-0.25, -0.2) is 13.4 Å². The molecule has 0 radical (unpaired) electrons. The maximum absolute atomic E-state index is 12.4.